The molecule has 3 heterocycles. The Balaban J connectivity index is 1.42. The van der Waals surface area contributed by atoms with Crippen molar-refractivity contribution in [2.24, 2.45) is 0 Å². The van der Waals surface area contributed by atoms with E-state index in [1.54, 1.807) is 0 Å². The molecule has 4 aromatic rings. The zero-order chi connectivity index (χ0) is 21.2. The number of aryl methyl sites for hydroxylation is 1. The number of ether oxygens (including phenoxy) is 1. The summed E-state index contributed by atoms with van der Waals surface area (Å²) in [7, 11) is 0. The Morgan fingerprint density at radius 3 is 2.52 bits per heavy atom. The number of hydrogen-bond donors (Lipinski definition) is 2. The number of anilines is 3. The maximum Gasteiger partial charge on any atom is 0.205 e. The number of aromatic nitrogens is 4. The number of aromatic amines is 1. The third kappa shape index (κ3) is 3.96. The van der Waals surface area contributed by atoms with E-state index in [4.69, 9.17) is 14.7 Å². The summed E-state index contributed by atoms with van der Waals surface area (Å²) in [5.41, 5.74) is 6.17. The lowest BCUT2D eigenvalue weighted by Crippen LogP contribution is -2.37. The van der Waals surface area contributed by atoms with Crippen molar-refractivity contribution in [3.63, 3.8) is 0 Å². The summed E-state index contributed by atoms with van der Waals surface area (Å²) >= 11 is 0. The molecule has 0 radical (unpaired) electrons. The highest BCUT2D eigenvalue weighted by atomic mass is 16.5. The van der Waals surface area contributed by atoms with E-state index in [2.05, 4.69) is 46.2 Å². The first-order valence-corrected chi connectivity index (χ1v) is 10.7. The Morgan fingerprint density at radius 1 is 1.00 bits per heavy atom. The van der Waals surface area contributed by atoms with Crippen LogP contribution >= 0.6 is 0 Å². The van der Waals surface area contributed by atoms with Crippen LogP contribution in [-0.2, 0) is 11.2 Å². The number of nitrogens with zero attached hydrogens (tertiary/aromatic N) is 4. The molecule has 158 valence electrons. The number of nitrogens with one attached hydrogen (secondary N) is 2. The van der Waals surface area contributed by atoms with Crippen LogP contribution in [0.4, 0.5) is 17.5 Å². The summed E-state index contributed by atoms with van der Waals surface area (Å²) in [5, 5.41) is 3.34. The fourth-order valence-corrected chi connectivity index (χ4v) is 3.96. The van der Waals surface area contributed by atoms with Crippen LogP contribution in [0.15, 0.2) is 48.5 Å². The van der Waals surface area contributed by atoms with E-state index >= 15 is 0 Å². The third-order valence-electron chi connectivity index (χ3n) is 5.66. The summed E-state index contributed by atoms with van der Waals surface area (Å²) in [6.07, 6.45) is 0.879. The molecule has 0 bridgehead atoms. The average molecular weight is 415 g/mol. The Hall–Kier alpha value is -3.45. The van der Waals surface area contributed by atoms with Crippen LogP contribution in [0.5, 0.6) is 0 Å². The molecule has 1 aliphatic heterocycles. The molecule has 2 aromatic carbocycles. The normalized spacial score (nSPS) is 14.2. The molecule has 5 rings (SSSR count). The van der Waals surface area contributed by atoms with Gasteiger partial charge in [0.25, 0.3) is 0 Å². The number of morpholine rings is 1. The molecular weight excluding hydrogens is 388 g/mol. The van der Waals surface area contributed by atoms with Gasteiger partial charge in [-0.05, 0) is 49.7 Å². The highest BCUT2D eigenvalue weighted by Crippen LogP contribution is 2.27. The zero-order valence-electron chi connectivity index (χ0n) is 17.9. The lowest BCUT2D eigenvalue weighted by atomic mass is 10.1. The topological polar surface area (TPSA) is 79.0 Å². The summed E-state index contributed by atoms with van der Waals surface area (Å²) in [6, 6.07) is 16.2. The lowest BCUT2D eigenvalue weighted by molar-refractivity contribution is 0.122. The van der Waals surface area contributed by atoms with Gasteiger partial charge in [0.1, 0.15) is 5.82 Å². The number of benzene rings is 2. The maximum atomic E-state index is 5.51. The number of H-pyrrole nitrogens is 1. The molecule has 1 aliphatic rings. The van der Waals surface area contributed by atoms with Crippen LogP contribution < -0.4 is 10.2 Å². The predicted octanol–water partition coefficient (Wildman–Crippen LogP) is 4.47. The highest BCUT2D eigenvalue weighted by molar-refractivity contribution is 5.78. The van der Waals surface area contributed by atoms with Crippen molar-refractivity contribution in [2.45, 2.75) is 20.3 Å². The molecule has 0 aliphatic carbocycles. The first kappa shape index (κ1) is 19.5. The Kier molecular flexibility index (Phi) is 5.26. The molecular formula is C24H26N6O. The number of imidazole rings is 1. The lowest BCUT2D eigenvalue weighted by Gasteiger charge is -2.29. The first-order valence-electron chi connectivity index (χ1n) is 10.7. The van der Waals surface area contributed by atoms with Crippen LogP contribution in [0.3, 0.4) is 0 Å². The van der Waals surface area contributed by atoms with Gasteiger partial charge in [-0.2, -0.15) is 0 Å². The fourth-order valence-electron chi connectivity index (χ4n) is 3.96. The van der Waals surface area contributed by atoms with E-state index < -0.39 is 0 Å². The summed E-state index contributed by atoms with van der Waals surface area (Å²) < 4.78 is 5.51. The molecule has 31 heavy (non-hydrogen) atoms. The van der Waals surface area contributed by atoms with Gasteiger partial charge in [-0.25, -0.2) is 15.0 Å². The number of para-hydroxylation sites is 2. The van der Waals surface area contributed by atoms with Gasteiger partial charge in [-0.3, -0.25) is 0 Å². The zero-order valence-corrected chi connectivity index (χ0v) is 17.9. The molecule has 0 unspecified atom stereocenters. The van der Waals surface area contributed by atoms with Gasteiger partial charge >= 0.3 is 0 Å². The van der Waals surface area contributed by atoms with E-state index in [9.17, 15) is 0 Å². The summed E-state index contributed by atoms with van der Waals surface area (Å²) in [4.78, 5) is 20.0. The van der Waals surface area contributed by atoms with E-state index in [0.717, 1.165) is 83.9 Å². The largest absolute Gasteiger partial charge is 0.378 e. The van der Waals surface area contributed by atoms with Crippen LogP contribution in [0.1, 0.15) is 18.2 Å². The molecule has 1 saturated heterocycles. The van der Waals surface area contributed by atoms with E-state index in [1.807, 2.05) is 36.4 Å². The van der Waals surface area contributed by atoms with Gasteiger partial charge in [-0.15, -0.1) is 0 Å². The smallest absolute Gasteiger partial charge is 0.205 e. The molecule has 7 heteroatoms. The minimum Gasteiger partial charge on any atom is -0.378 e. The predicted molar refractivity (Wildman–Crippen MR) is 124 cm³/mol. The summed E-state index contributed by atoms with van der Waals surface area (Å²) in [5.74, 6) is 2.51. The quantitative estimate of drug-likeness (QED) is 0.502. The van der Waals surface area contributed by atoms with Crippen molar-refractivity contribution >= 4 is 28.5 Å². The minimum atomic E-state index is 0.725. The van der Waals surface area contributed by atoms with Crippen LogP contribution in [-0.4, -0.2) is 46.2 Å². The van der Waals surface area contributed by atoms with E-state index in [1.165, 1.54) is 0 Å². The Labute approximate surface area is 181 Å². The molecule has 2 N–H and O–H groups in total. The maximum absolute atomic E-state index is 5.51. The van der Waals surface area contributed by atoms with Gasteiger partial charge in [-0.1, -0.05) is 19.1 Å². The first-order chi connectivity index (χ1) is 15.2. The molecule has 0 saturated carbocycles. The molecule has 7 nitrogen and oxygen atoms in total. The second-order valence-electron chi connectivity index (χ2n) is 7.70. The third-order valence-corrected chi connectivity index (χ3v) is 5.66. The van der Waals surface area contributed by atoms with Crippen molar-refractivity contribution in [2.75, 3.05) is 36.5 Å². The van der Waals surface area contributed by atoms with Crippen LogP contribution in [0.2, 0.25) is 0 Å². The van der Waals surface area contributed by atoms with E-state index in [0.29, 0.717) is 0 Å². The van der Waals surface area contributed by atoms with Crippen molar-refractivity contribution in [3.8, 4) is 11.4 Å². The van der Waals surface area contributed by atoms with Gasteiger partial charge in [0.2, 0.25) is 5.95 Å². The standard InChI is InChI=1S/C24H26N6O/c1-3-19-16(2)23(30-12-14-31-15-13-30)29-22(26-19)17-8-10-18(11-9-17)25-24-27-20-6-4-5-7-21(20)28-24/h4-11H,3,12-15H2,1-2H3,(H2,25,27,28). The monoisotopic (exact) mass is 414 g/mol. The second kappa shape index (κ2) is 8.35. The number of fused-ring (bicyclic) bond motifs is 1. The van der Waals surface area contributed by atoms with Gasteiger partial charge in [0.15, 0.2) is 5.82 Å². The molecule has 2 aromatic heterocycles. The molecule has 0 spiro atoms. The number of hydrogen-bond acceptors (Lipinski definition) is 6. The van der Waals surface area contributed by atoms with Crippen LogP contribution in [0.25, 0.3) is 22.4 Å². The van der Waals surface area contributed by atoms with Crippen molar-refractivity contribution in [1.29, 1.82) is 0 Å². The van der Waals surface area contributed by atoms with Gasteiger partial charge in [0.05, 0.1) is 24.2 Å². The average Bonchev–Trinajstić information content (AvgIpc) is 3.23. The summed E-state index contributed by atoms with van der Waals surface area (Å²) in [6.45, 7) is 7.46. The van der Waals surface area contributed by atoms with Crippen molar-refractivity contribution in [3.05, 3.63) is 59.8 Å². The van der Waals surface area contributed by atoms with Crippen molar-refractivity contribution < 1.29 is 4.74 Å². The Morgan fingerprint density at radius 2 is 1.77 bits per heavy atom. The highest BCUT2D eigenvalue weighted by Gasteiger charge is 2.19. The van der Waals surface area contributed by atoms with Gasteiger partial charge < -0.3 is 19.9 Å². The van der Waals surface area contributed by atoms with Crippen molar-refractivity contribution in [1.82, 2.24) is 19.9 Å². The number of rotatable bonds is 5. The minimum absolute atomic E-state index is 0.725. The molecule has 0 atom stereocenters. The Bertz CT molecular complexity index is 1160. The SMILES string of the molecule is CCc1nc(-c2ccc(Nc3nc4ccccc4[nH]3)cc2)nc(N2CCOCC2)c1C. The fraction of sp³-hybridized carbons (Fsp3) is 0.292. The molecule has 0 amide bonds. The van der Waals surface area contributed by atoms with E-state index in [-0.39, 0.29) is 0 Å². The molecule has 1 fully saturated rings. The van der Waals surface area contributed by atoms with Gasteiger partial charge in [0, 0.05) is 35.6 Å². The second-order valence-corrected chi connectivity index (χ2v) is 7.70. The van der Waals surface area contributed by atoms with Crippen LogP contribution in [0, 0.1) is 6.92 Å².